The first-order valence-electron chi connectivity index (χ1n) is 6.41. The third-order valence-corrected chi connectivity index (χ3v) is 3.18. The Morgan fingerprint density at radius 3 is 2.95 bits per heavy atom. The van der Waals surface area contributed by atoms with Gasteiger partial charge in [0.25, 0.3) is 5.91 Å². The molecule has 2 rings (SSSR count). The van der Waals surface area contributed by atoms with E-state index in [4.69, 9.17) is 9.84 Å². The first-order valence-corrected chi connectivity index (χ1v) is 6.41. The van der Waals surface area contributed by atoms with E-state index in [-0.39, 0.29) is 5.91 Å². The van der Waals surface area contributed by atoms with Gasteiger partial charge in [-0.1, -0.05) is 6.92 Å². The lowest BCUT2D eigenvalue weighted by molar-refractivity contribution is -0.139. The van der Waals surface area contributed by atoms with Crippen LogP contribution in [-0.4, -0.2) is 29.6 Å². The predicted molar refractivity (Wildman–Crippen MR) is 69.4 cm³/mol. The first kappa shape index (κ1) is 13.4. The van der Waals surface area contributed by atoms with Gasteiger partial charge in [-0.05, 0) is 43.0 Å². The number of carboxylic acid groups (broad SMARTS) is 1. The third kappa shape index (κ3) is 3.05. The van der Waals surface area contributed by atoms with E-state index in [1.165, 1.54) is 0 Å². The van der Waals surface area contributed by atoms with Crippen LogP contribution in [0.2, 0.25) is 0 Å². The molecule has 1 aromatic rings. The van der Waals surface area contributed by atoms with Crippen LogP contribution in [0.25, 0.3) is 0 Å². The Morgan fingerprint density at radius 2 is 2.26 bits per heavy atom. The van der Waals surface area contributed by atoms with E-state index in [0.29, 0.717) is 18.6 Å². The maximum Gasteiger partial charge on any atom is 0.326 e. The molecule has 0 saturated carbocycles. The van der Waals surface area contributed by atoms with Crippen LogP contribution in [0, 0.1) is 0 Å². The zero-order valence-electron chi connectivity index (χ0n) is 10.8. The number of hydrogen-bond donors (Lipinski definition) is 2. The number of carbonyl (C=O) groups is 2. The Kier molecular flexibility index (Phi) is 4.04. The maximum absolute atomic E-state index is 12.0. The fourth-order valence-electron chi connectivity index (χ4n) is 2.08. The van der Waals surface area contributed by atoms with Gasteiger partial charge >= 0.3 is 5.97 Å². The van der Waals surface area contributed by atoms with Crippen LogP contribution < -0.4 is 10.1 Å². The summed E-state index contributed by atoms with van der Waals surface area (Å²) in [5, 5.41) is 11.4. The summed E-state index contributed by atoms with van der Waals surface area (Å²) in [5.74, 6) is -0.562. The molecule has 1 unspecified atom stereocenters. The van der Waals surface area contributed by atoms with E-state index in [1.54, 1.807) is 25.1 Å². The second kappa shape index (κ2) is 5.73. The minimum Gasteiger partial charge on any atom is -0.493 e. The number of benzene rings is 1. The molecule has 0 aromatic heterocycles. The van der Waals surface area contributed by atoms with Crippen molar-refractivity contribution in [3.8, 4) is 5.75 Å². The van der Waals surface area contributed by atoms with Crippen LogP contribution in [-0.2, 0) is 11.2 Å². The van der Waals surface area contributed by atoms with E-state index in [2.05, 4.69) is 5.32 Å². The first-order chi connectivity index (χ1) is 9.11. The quantitative estimate of drug-likeness (QED) is 0.865. The molecule has 2 N–H and O–H groups in total. The van der Waals surface area contributed by atoms with Gasteiger partial charge in [-0.15, -0.1) is 0 Å². The van der Waals surface area contributed by atoms with Crippen LogP contribution in [0.1, 0.15) is 35.7 Å². The second-order valence-electron chi connectivity index (χ2n) is 4.55. The van der Waals surface area contributed by atoms with Crippen LogP contribution in [0.5, 0.6) is 5.75 Å². The normalized spacial score (nSPS) is 15.0. The van der Waals surface area contributed by atoms with Crippen molar-refractivity contribution >= 4 is 11.9 Å². The van der Waals surface area contributed by atoms with Crippen molar-refractivity contribution in [1.29, 1.82) is 0 Å². The Labute approximate surface area is 111 Å². The minimum atomic E-state index is -1.02. The fourth-order valence-corrected chi connectivity index (χ4v) is 2.08. The summed E-state index contributed by atoms with van der Waals surface area (Å²) in [7, 11) is 0. The Balaban J connectivity index is 2.13. The lowest BCUT2D eigenvalue weighted by Crippen LogP contribution is -2.40. The van der Waals surface area contributed by atoms with E-state index >= 15 is 0 Å². The number of ether oxygens (including phenoxy) is 1. The predicted octanol–water partition coefficient (Wildman–Crippen LogP) is 1.60. The van der Waals surface area contributed by atoms with Gasteiger partial charge in [0.15, 0.2) is 0 Å². The second-order valence-corrected chi connectivity index (χ2v) is 4.55. The summed E-state index contributed by atoms with van der Waals surface area (Å²) >= 11 is 0. The summed E-state index contributed by atoms with van der Waals surface area (Å²) < 4.78 is 5.47. The van der Waals surface area contributed by atoms with E-state index in [0.717, 1.165) is 24.2 Å². The molecule has 5 nitrogen and oxygen atoms in total. The van der Waals surface area contributed by atoms with Gasteiger partial charge in [0, 0.05) is 5.56 Å². The molecule has 5 heteroatoms. The summed E-state index contributed by atoms with van der Waals surface area (Å²) in [6, 6.07) is 4.36. The molecule has 0 radical (unpaired) electrons. The molecule has 19 heavy (non-hydrogen) atoms. The molecule has 1 aromatic carbocycles. The Morgan fingerprint density at radius 1 is 1.47 bits per heavy atom. The molecule has 1 atom stereocenters. The van der Waals surface area contributed by atoms with Crippen LogP contribution in [0.4, 0.5) is 0 Å². The van der Waals surface area contributed by atoms with Gasteiger partial charge in [-0.2, -0.15) is 0 Å². The molecule has 1 heterocycles. The van der Waals surface area contributed by atoms with Gasteiger partial charge < -0.3 is 15.2 Å². The SMILES string of the molecule is CCC(NC(=O)c1ccc2c(c1)CCCO2)C(=O)O. The highest BCUT2D eigenvalue weighted by Gasteiger charge is 2.19. The number of carboxylic acids is 1. The molecule has 0 fully saturated rings. The number of hydrogen-bond acceptors (Lipinski definition) is 3. The zero-order valence-corrected chi connectivity index (χ0v) is 10.8. The minimum absolute atomic E-state index is 0.356. The van der Waals surface area contributed by atoms with Crippen molar-refractivity contribution in [2.75, 3.05) is 6.61 Å². The number of aliphatic carboxylic acids is 1. The molecular weight excluding hydrogens is 246 g/mol. The molecule has 1 amide bonds. The van der Waals surface area contributed by atoms with Crippen LogP contribution in [0.3, 0.4) is 0 Å². The highest BCUT2D eigenvalue weighted by Crippen LogP contribution is 2.25. The fraction of sp³-hybridized carbons (Fsp3) is 0.429. The van der Waals surface area contributed by atoms with Crippen molar-refractivity contribution in [2.45, 2.75) is 32.2 Å². The summed E-state index contributed by atoms with van der Waals surface area (Å²) in [6.07, 6.45) is 2.17. The Bertz CT molecular complexity index is 498. The maximum atomic E-state index is 12.0. The smallest absolute Gasteiger partial charge is 0.326 e. The number of amides is 1. The average Bonchev–Trinajstić information content (AvgIpc) is 2.43. The van der Waals surface area contributed by atoms with Crippen molar-refractivity contribution in [3.63, 3.8) is 0 Å². The van der Waals surface area contributed by atoms with E-state index in [9.17, 15) is 9.59 Å². The summed E-state index contributed by atoms with van der Waals surface area (Å²) in [6.45, 7) is 2.43. The highest BCUT2D eigenvalue weighted by molar-refractivity contribution is 5.96. The molecule has 0 aliphatic carbocycles. The van der Waals surface area contributed by atoms with Gasteiger partial charge in [0.05, 0.1) is 6.61 Å². The molecular formula is C14H17NO4. The lowest BCUT2D eigenvalue weighted by atomic mass is 10.0. The average molecular weight is 263 g/mol. The molecule has 1 aliphatic heterocycles. The van der Waals surface area contributed by atoms with Crippen molar-refractivity contribution in [3.05, 3.63) is 29.3 Å². The number of aryl methyl sites for hydroxylation is 1. The largest absolute Gasteiger partial charge is 0.493 e. The lowest BCUT2D eigenvalue weighted by Gasteiger charge is -2.18. The van der Waals surface area contributed by atoms with Crippen molar-refractivity contribution in [1.82, 2.24) is 5.32 Å². The van der Waals surface area contributed by atoms with Gasteiger partial charge in [0.1, 0.15) is 11.8 Å². The molecule has 0 saturated heterocycles. The third-order valence-electron chi connectivity index (χ3n) is 3.18. The zero-order chi connectivity index (χ0) is 13.8. The van der Waals surface area contributed by atoms with Crippen molar-refractivity contribution < 1.29 is 19.4 Å². The summed E-state index contributed by atoms with van der Waals surface area (Å²) in [4.78, 5) is 22.9. The van der Waals surface area contributed by atoms with Crippen molar-refractivity contribution in [2.24, 2.45) is 0 Å². The number of carbonyl (C=O) groups excluding carboxylic acids is 1. The number of fused-ring (bicyclic) bond motifs is 1. The van der Waals surface area contributed by atoms with Gasteiger partial charge in [0.2, 0.25) is 0 Å². The van der Waals surface area contributed by atoms with Crippen LogP contribution >= 0.6 is 0 Å². The molecule has 102 valence electrons. The topological polar surface area (TPSA) is 75.6 Å². The van der Waals surface area contributed by atoms with E-state index < -0.39 is 12.0 Å². The Hall–Kier alpha value is -2.04. The van der Waals surface area contributed by atoms with Gasteiger partial charge in [-0.25, -0.2) is 4.79 Å². The summed E-state index contributed by atoms with van der Waals surface area (Å²) in [5.41, 5.74) is 1.48. The standard InChI is InChI=1S/C14H17NO4/c1-2-11(14(17)18)15-13(16)10-5-6-12-9(8-10)4-3-7-19-12/h5-6,8,11H,2-4,7H2,1H3,(H,15,16)(H,17,18). The monoisotopic (exact) mass is 263 g/mol. The van der Waals surface area contributed by atoms with E-state index in [1.807, 2.05) is 0 Å². The number of rotatable bonds is 4. The molecule has 0 bridgehead atoms. The highest BCUT2D eigenvalue weighted by atomic mass is 16.5. The van der Waals surface area contributed by atoms with Gasteiger partial charge in [-0.3, -0.25) is 4.79 Å². The van der Waals surface area contributed by atoms with Crippen LogP contribution in [0.15, 0.2) is 18.2 Å². The molecule has 1 aliphatic rings. The number of nitrogens with one attached hydrogen (secondary N) is 1. The molecule has 0 spiro atoms.